The first-order valence-corrected chi connectivity index (χ1v) is 6.10. The lowest BCUT2D eigenvalue weighted by molar-refractivity contribution is 0.0613. The van der Waals surface area contributed by atoms with Crippen molar-refractivity contribution in [2.75, 3.05) is 26.8 Å². The number of likely N-dealkylation sites (tertiary alicyclic amines) is 1. The molecule has 0 saturated carbocycles. The number of carbonyl (C=O) groups is 1. The van der Waals surface area contributed by atoms with Crippen LogP contribution in [0.1, 0.15) is 23.2 Å². The van der Waals surface area contributed by atoms with Gasteiger partial charge in [0.05, 0.1) is 5.56 Å². The van der Waals surface area contributed by atoms with E-state index in [2.05, 4.69) is 4.98 Å². The van der Waals surface area contributed by atoms with Gasteiger partial charge in [-0.3, -0.25) is 4.79 Å². The van der Waals surface area contributed by atoms with E-state index in [0.717, 1.165) is 32.5 Å². The van der Waals surface area contributed by atoms with Crippen LogP contribution >= 0.6 is 0 Å². The summed E-state index contributed by atoms with van der Waals surface area (Å²) in [5.74, 6) is -0.103. The second-order valence-electron chi connectivity index (χ2n) is 4.56. The van der Waals surface area contributed by atoms with Crippen LogP contribution in [0.2, 0.25) is 0 Å². The molecule has 2 heterocycles. The van der Waals surface area contributed by atoms with Gasteiger partial charge in [0.15, 0.2) is 0 Å². The zero-order valence-electron chi connectivity index (χ0n) is 10.4. The largest absolute Gasteiger partial charge is 0.384 e. The Morgan fingerprint density at radius 2 is 2.22 bits per heavy atom. The molecular formula is C13H17FN2O2. The van der Waals surface area contributed by atoms with Gasteiger partial charge < -0.3 is 9.64 Å². The summed E-state index contributed by atoms with van der Waals surface area (Å²) in [6.07, 6.45) is 3.20. The van der Waals surface area contributed by atoms with Gasteiger partial charge in [0.1, 0.15) is 0 Å². The zero-order valence-corrected chi connectivity index (χ0v) is 10.4. The van der Waals surface area contributed by atoms with Crippen molar-refractivity contribution in [2.45, 2.75) is 12.8 Å². The van der Waals surface area contributed by atoms with Crippen molar-refractivity contribution < 1.29 is 13.9 Å². The Bertz CT molecular complexity index is 400. The number of pyridine rings is 1. The minimum atomic E-state index is -0.564. The summed E-state index contributed by atoms with van der Waals surface area (Å²) in [4.78, 5) is 17.4. The summed E-state index contributed by atoms with van der Waals surface area (Å²) in [5.41, 5.74) is 0.446. The Morgan fingerprint density at radius 1 is 1.50 bits per heavy atom. The van der Waals surface area contributed by atoms with Crippen molar-refractivity contribution >= 4 is 5.91 Å². The molecule has 1 aliphatic heterocycles. The van der Waals surface area contributed by atoms with E-state index in [-0.39, 0.29) is 5.91 Å². The third-order valence-electron chi connectivity index (χ3n) is 3.28. The topological polar surface area (TPSA) is 42.4 Å². The first kappa shape index (κ1) is 13.0. The van der Waals surface area contributed by atoms with Gasteiger partial charge in [-0.2, -0.15) is 4.39 Å². The molecule has 1 saturated heterocycles. The van der Waals surface area contributed by atoms with Crippen LogP contribution in [-0.4, -0.2) is 42.6 Å². The van der Waals surface area contributed by atoms with Crippen molar-refractivity contribution in [3.8, 4) is 0 Å². The lowest BCUT2D eigenvalue weighted by Crippen LogP contribution is -2.39. The highest BCUT2D eigenvalue weighted by Gasteiger charge is 2.23. The molecule has 0 aliphatic carbocycles. The standard InChI is InChI=1S/C13H17FN2O2/c1-18-9-10-4-6-16(7-5-10)13(17)11-2-3-12(14)15-8-11/h2-3,8,10H,4-7,9H2,1H3. The SMILES string of the molecule is COCC1CCN(C(=O)c2ccc(F)nc2)CC1. The molecule has 0 aromatic carbocycles. The fraction of sp³-hybridized carbons (Fsp3) is 0.538. The normalized spacial score (nSPS) is 16.9. The number of halogens is 1. The number of piperidine rings is 1. The average molecular weight is 252 g/mol. The lowest BCUT2D eigenvalue weighted by atomic mass is 9.97. The number of aromatic nitrogens is 1. The molecule has 1 aromatic rings. The third kappa shape index (κ3) is 3.04. The summed E-state index contributed by atoms with van der Waals surface area (Å²) >= 11 is 0. The van der Waals surface area contributed by atoms with Gasteiger partial charge in [0.25, 0.3) is 5.91 Å². The quantitative estimate of drug-likeness (QED) is 0.769. The molecule has 0 N–H and O–H groups in total. The van der Waals surface area contributed by atoms with Gasteiger partial charge in [-0.15, -0.1) is 0 Å². The summed E-state index contributed by atoms with van der Waals surface area (Å²) in [6, 6.07) is 2.69. The highest BCUT2D eigenvalue weighted by atomic mass is 19.1. The minimum absolute atomic E-state index is 0.0710. The molecule has 98 valence electrons. The first-order valence-electron chi connectivity index (χ1n) is 6.10. The molecule has 0 bridgehead atoms. The molecule has 0 radical (unpaired) electrons. The molecule has 1 amide bonds. The number of carbonyl (C=O) groups excluding carboxylic acids is 1. The average Bonchev–Trinajstić information content (AvgIpc) is 2.40. The molecule has 0 atom stereocenters. The van der Waals surface area contributed by atoms with Crippen molar-refractivity contribution in [1.29, 1.82) is 0 Å². The van der Waals surface area contributed by atoms with E-state index in [0.29, 0.717) is 11.5 Å². The van der Waals surface area contributed by atoms with E-state index in [1.54, 1.807) is 12.0 Å². The van der Waals surface area contributed by atoms with Crippen molar-refractivity contribution in [1.82, 2.24) is 9.88 Å². The van der Waals surface area contributed by atoms with E-state index in [4.69, 9.17) is 4.74 Å². The maximum absolute atomic E-state index is 12.7. The van der Waals surface area contributed by atoms with Crippen molar-refractivity contribution in [3.05, 3.63) is 29.8 Å². The maximum atomic E-state index is 12.7. The smallest absolute Gasteiger partial charge is 0.255 e. The molecule has 1 aromatic heterocycles. The van der Waals surface area contributed by atoms with Gasteiger partial charge in [-0.1, -0.05) is 0 Å². The second-order valence-corrected chi connectivity index (χ2v) is 4.56. The molecular weight excluding hydrogens is 235 g/mol. The van der Waals surface area contributed by atoms with Gasteiger partial charge in [-0.25, -0.2) is 4.98 Å². The predicted octanol–water partition coefficient (Wildman–Crippen LogP) is 1.72. The van der Waals surface area contributed by atoms with Crippen LogP contribution in [0, 0.1) is 11.9 Å². The van der Waals surface area contributed by atoms with Gasteiger partial charge in [-0.05, 0) is 30.9 Å². The molecule has 0 spiro atoms. The van der Waals surface area contributed by atoms with Gasteiger partial charge >= 0.3 is 0 Å². The fourth-order valence-corrected chi connectivity index (χ4v) is 2.22. The number of amides is 1. The van der Waals surface area contributed by atoms with Crippen molar-refractivity contribution in [2.24, 2.45) is 5.92 Å². The van der Waals surface area contributed by atoms with Crippen LogP contribution in [0.25, 0.3) is 0 Å². The molecule has 1 fully saturated rings. The van der Waals surface area contributed by atoms with Gasteiger partial charge in [0, 0.05) is 33.0 Å². The van der Waals surface area contributed by atoms with Crippen LogP contribution in [0.3, 0.4) is 0 Å². The minimum Gasteiger partial charge on any atom is -0.384 e. The van der Waals surface area contributed by atoms with E-state index in [1.807, 2.05) is 0 Å². The predicted molar refractivity (Wildman–Crippen MR) is 64.7 cm³/mol. The molecule has 5 heteroatoms. The number of hydrogen-bond donors (Lipinski definition) is 0. The molecule has 2 rings (SSSR count). The molecule has 1 aliphatic rings. The molecule has 18 heavy (non-hydrogen) atoms. The lowest BCUT2D eigenvalue weighted by Gasteiger charge is -2.31. The third-order valence-corrected chi connectivity index (χ3v) is 3.28. The van der Waals surface area contributed by atoms with E-state index in [9.17, 15) is 9.18 Å². The number of ether oxygens (including phenoxy) is 1. The van der Waals surface area contributed by atoms with Gasteiger partial charge in [0.2, 0.25) is 5.95 Å². The first-order chi connectivity index (χ1) is 8.70. The Morgan fingerprint density at radius 3 is 2.78 bits per heavy atom. The maximum Gasteiger partial charge on any atom is 0.255 e. The van der Waals surface area contributed by atoms with Crippen molar-refractivity contribution in [3.63, 3.8) is 0 Å². The highest BCUT2D eigenvalue weighted by Crippen LogP contribution is 2.19. The summed E-state index contributed by atoms with van der Waals surface area (Å²) in [7, 11) is 1.70. The summed E-state index contributed by atoms with van der Waals surface area (Å²) < 4.78 is 17.8. The number of methoxy groups -OCH3 is 1. The van der Waals surface area contributed by atoms with Crippen LogP contribution in [0.15, 0.2) is 18.3 Å². The zero-order chi connectivity index (χ0) is 13.0. The number of hydrogen-bond acceptors (Lipinski definition) is 3. The van der Waals surface area contributed by atoms with E-state index < -0.39 is 5.95 Å². The van der Waals surface area contributed by atoms with Crippen LogP contribution in [-0.2, 0) is 4.74 Å². The van der Waals surface area contributed by atoms with Crippen LogP contribution in [0.5, 0.6) is 0 Å². The highest BCUT2D eigenvalue weighted by molar-refractivity contribution is 5.93. The molecule has 0 unspecified atom stereocenters. The Kier molecular flexibility index (Phi) is 4.25. The summed E-state index contributed by atoms with van der Waals surface area (Å²) in [6.45, 7) is 2.20. The monoisotopic (exact) mass is 252 g/mol. The van der Waals surface area contributed by atoms with E-state index in [1.165, 1.54) is 18.3 Å². The number of nitrogens with zero attached hydrogens (tertiary/aromatic N) is 2. The fourth-order valence-electron chi connectivity index (χ4n) is 2.22. The Balaban J connectivity index is 1.93. The summed E-state index contributed by atoms with van der Waals surface area (Å²) in [5, 5.41) is 0. The second kappa shape index (κ2) is 5.91. The Labute approximate surface area is 106 Å². The Hall–Kier alpha value is -1.49. The molecule has 4 nitrogen and oxygen atoms in total. The van der Waals surface area contributed by atoms with Crippen LogP contribution < -0.4 is 0 Å². The van der Waals surface area contributed by atoms with E-state index >= 15 is 0 Å². The van der Waals surface area contributed by atoms with Crippen LogP contribution in [0.4, 0.5) is 4.39 Å². The number of rotatable bonds is 3.